The van der Waals surface area contributed by atoms with Gasteiger partial charge in [0.15, 0.2) is 0 Å². The van der Waals surface area contributed by atoms with Crippen molar-refractivity contribution in [2.45, 2.75) is 203 Å². The maximum atomic E-state index is 14.6. The summed E-state index contributed by atoms with van der Waals surface area (Å²) >= 11 is 1.48. The van der Waals surface area contributed by atoms with Crippen LogP contribution in [0.2, 0.25) is 0 Å². The van der Waals surface area contributed by atoms with Gasteiger partial charge in [-0.2, -0.15) is 0 Å². The Morgan fingerprint density at radius 3 is 1.59 bits per heavy atom. The molecule has 0 radical (unpaired) electrons. The van der Waals surface area contributed by atoms with Crippen molar-refractivity contribution < 1.29 is 0 Å². The lowest BCUT2D eigenvalue weighted by atomic mass is 9.84. The molecule has 0 N–H and O–H groups in total. The Balaban J connectivity index is 1.14. The lowest BCUT2D eigenvalue weighted by molar-refractivity contribution is 0.0512. The van der Waals surface area contributed by atoms with Gasteiger partial charge in [-0.1, -0.05) is 187 Å². The molecular weight excluding hydrogens is 763 g/mol. The zero-order chi connectivity index (χ0) is 41.5. The van der Waals surface area contributed by atoms with Gasteiger partial charge in [-0.15, -0.1) is 0 Å². The first-order chi connectivity index (χ1) is 30.2. The predicted octanol–water partition coefficient (Wildman–Crippen LogP) is 15.3. The Kier molecular flexibility index (Phi) is 17.5. The van der Waals surface area contributed by atoms with Crippen LogP contribution in [0.25, 0.3) is 10.2 Å². The van der Waals surface area contributed by atoms with Gasteiger partial charge in [-0.25, -0.2) is 0 Å². The lowest BCUT2D eigenvalue weighted by Gasteiger charge is -2.41. The Bertz CT molecular complexity index is 1890. The third kappa shape index (κ3) is 12.7. The summed E-state index contributed by atoms with van der Waals surface area (Å²) in [5, 5.41) is 0. The van der Waals surface area contributed by atoms with Crippen molar-refractivity contribution in [3.05, 3.63) is 106 Å². The quantitative estimate of drug-likeness (QED) is 0.186. The molecule has 2 saturated heterocycles. The van der Waals surface area contributed by atoms with Crippen LogP contribution in [-0.2, 0) is 0 Å². The highest BCUT2D eigenvalue weighted by atomic mass is 32.1. The van der Waals surface area contributed by atoms with E-state index in [9.17, 15) is 4.79 Å². The monoisotopic (exact) mass is 844 g/mol. The summed E-state index contributed by atoms with van der Waals surface area (Å²) < 4.78 is 3.46. The summed E-state index contributed by atoms with van der Waals surface area (Å²) in [5.74, 6) is 2.84. The smallest absolute Gasteiger partial charge is 0.300 e. The average molecular weight is 844 g/mol. The van der Waals surface area contributed by atoms with Crippen molar-refractivity contribution in [2.75, 3.05) is 19.6 Å². The summed E-state index contributed by atoms with van der Waals surface area (Å²) in [5.41, 5.74) is 4.26. The van der Waals surface area contributed by atoms with Crippen LogP contribution < -0.4 is 4.87 Å². The summed E-state index contributed by atoms with van der Waals surface area (Å²) in [6, 6.07) is 33.0. The van der Waals surface area contributed by atoms with Crippen LogP contribution in [0.3, 0.4) is 0 Å². The Morgan fingerprint density at radius 1 is 0.492 bits per heavy atom. The largest absolute Gasteiger partial charge is 0.309 e. The summed E-state index contributed by atoms with van der Waals surface area (Å²) in [6.07, 6.45) is 36.3. The van der Waals surface area contributed by atoms with Crippen LogP contribution in [0.4, 0.5) is 0 Å². The second kappa shape index (κ2) is 23.8. The van der Waals surface area contributed by atoms with E-state index in [1.807, 2.05) is 0 Å². The van der Waals surface area contributed by atoms with E-state index in [0.717, 1.165) is 41.6 Å². The van der Waals surface area contributed by atoms with Crippen molar-refractivity contribution in [1.29, 1.82) is 0 Å². The number of hydrogen-bond acceptors (Lipinski definition) is 4. The highest BCUT2D eigenvalue weighted by Crippen LogP contribution is 2.43. The summed E-state index contributed by atoms with van der Waals surface area (Å²) in [7, 11) is 0. The summed E-state index contributed by atoms with van der Waals surface area (Å²) in [4.78, 5) is 20.8. The van der Waals surface area contributed by atoms with Gasteiger partial charge in [0, 0.05) is 25.2 Å². The number of hydrogen-bond donors (Lipinski definition) is 0. The molecule has 0 spiro atoms. The van der Waals surface area contributed by atoms with Gasteiger partial charge in [0.2, 0.25) is 0 Å². The SMILES string of the molecule is O=c1sc2ccccc2n1C(CCN1CCCCCCCCCCC2CCC1CC(c1ccccc1)C2)N1CCCCCCCCCCC2CCC1CC(c1ccccc1)C2. The number of aromatic nitrogens is 1. The number of benzene rings is 3. The van der Waals surface area contributed by atoms with Gasteiger partial charge in [-0.05, 0) is 124 Å². The Morgan fingerprint density at radius 2 is 0.984 bits per heavy atom. The molecule has 2 aliphatic heterocycles. The molecule has 5 heteroatoms. The molecule has 332 valence electrons. The molecule has 1 aromatic heterocycles. The highest BCUT2D eigenvalue weighted by molar-refractivity contribution is 7.16. The number of rotatable bonds is 7. The molecule has 3 aromatic carbocycles. The zero-order valence-corrected chi connectivity index (χ0v) is 38.8. The number of fused-ring (bicyclic) bond motifs is 7. The predicted molar refractivity (Wildman–Crippen MR) is 261 cm³/mol. The molecule has 4 bridgehead atoms. The van der Waals surface area contributed by atoms with Gasteiger partial charge in [0.05, 0.1) is 16.4 Å². The molecule has 4 nitrogen and oxygen atoms in total. The number of thiazole rings is 1. The van der Waals surface area contributed by atoms with Crippen molar-refractivity contribution in [1.82, 2.24) is 14.4 Å². The molecule has 2 saturated carbocycles. The van der Waals surface area contributed by atoms with Crippen molar-refractivity contribution in [3.63, 3.8) is 0 Å². The Labute approximate surface area is 374 Å². The first kappa shape index (κ1) is 44.9. The van der Waals surface area contributed by atoms with Crippen LogP contribution in [-0.4, -0.2) is 46.1 Å². The molecule has 8 rings (SSSR count). The third-order valence-corrected chi connectivity index (χ3v) is 17.1. The minimum Gasteiger partial charge on any atom is -0.300 e. The van der Waals surface area contributed by atoms with E-state index in [0.29, 0.717) is 23.9 Å². The molecule has 61 heavy (non-hydrogen) atoms. The lowest BCUT2D eigenvalue weighted by Crippen LogP contribution is -2.46. The summed E-state index contributed by atoms with van der Waals surface area (Å²) in [6.45, 7) is 3.37. The van der Waals surface area contributed by atoms with Gasteiger partial charge in [-0.3, -0.25) is 14.3 Å². The van der Waals surface area contributed by atoms with E-state index in [2.05, 4.69) is 99.3 Å². The maximum absolute atomic E-state index is 14.6. The molecule has 4 aromatic rings. The topological polar surface area (TPSA) is 28.5 Å². The number of nitrogens with zero attached hydrogens (tertiary/aromatic N) is 3. The molecule has 2 aliphatic carbocycles. The molecule has 0 amide bonds. The van der Waals surface area contributed by atoms with Gasteiger partial charge >= 0.3 is 4.87 Å². The molecular formula is C56H81N3OS. The fourth-order valence-corrected chi connectivity index (χ4v) is 13.7. The Hall–Kier alpha value is -2.73. The van der Waals surface area contributed by atoms with E-state index >= 15 is 0 Å². The first-order valence-electron chi connectivity index (χ1n) is 25.9. The van der Waals surface area contributed by atoms with Crippen LogP contribution in [0.5, 0.6) is 0 Å². The highest BCUT2D eigenvalue weighted by Gasteiger charge is 2.36. The van der Waals surface area contributed by atoms with Crippen molar-refractivity contribution >= 4 is 21.6 Å². The van der Waals surface area contributed by atoms with Gasteiger partial charge < -0.3 is 4.90 Å². The molecule has 7 unspecified atom stereocenters. The zero-order valence-electron chi connectivity index (χ0n) is 38.0. The molecule has 4 fully saturated rings. The average Bonchev–Trinajstić information content (AvgIpc) is 3.41. The fraction of sp³-hybridized carbons (Fsp3) is 0.661. The second-order valence-corrected chi connectivity index (χ2v) is 21.3. The number of para-hydroxylation sites is 1. The second-order valence-electron chi connectivity index (χ2n) is 20.3. The van der Waals surface area contributed by atoms with E-state index < -0.39 is 0 Å². The van der Waals surface area contributed by atoms with Crippen molar-refractivity contribution in [3.8, 4) is 0 Å². The minimum atomic E-state index is 0.0670. The van der Waals surface area contributed by atoms with Crippen LogP contribution in [0, 0.1) is 11.8 Å². The molecule has 3 heterocycles. The van der Waals surface area contributed by atoms with E-state index in [1.165, 1.54) is 190 Å². The van der Waals surface area contributed by atoms with Crippen LogP contribution >= 0.6 is 11.3 Å². The van der Waals surface area contributed by atoms with E-state index in [-0.39, 0.29) is 11.0 Å². The van der Waals surface area contributed by atoms with Gasteiger partial charge in [0.1, 0.15) is 0 Å². The van der Waals surface area contributed by atoms with Gasteiger partial charge in [0.25, 0.3) is 0 Å². The standard InChI is InChI=1S/C56H81N3OS/c60-56-59(53-31-21-22-32-54(53)61-56)55(58-39-24-12-8-4-2-6-10-16-26-46-34-36-52(58)44-50(42-46)48-29-19-14-20-30-48)37-40-57-38-23-11-7-3-1-5-9-15-25-45-33-35-51(57)43-49(41-45)47-27-17-13-18-28-47/h13-14,17-22,27-32,45-46,49-52,55H,1-12,15-16,23-26,33-44H2. The van der Waals surface area contributed by atoms with E-state index in [4.69, 9.17) is 0 Å². The fourth-order valence-electron chi connectivity index (χ4n) is 12.8. The molecule has 4 aliphatic rings. The molecule has 7 atom stereocenters. The maximum Gasteiger partial charge on any atom is 0.309 e. The third-order valence-electron chi connectivity index (χ3n) is 16.2. The van der Waals surface area contributed by atoms with Crippen LogP contribution in [0.15, 0.2) is 89.7 Å². The van der Waals surface area contributed by atoms with Crippen molar-refractivity contribution in [2.24, 2.45) is 11.8 Å². The normalized spacial score (nSPS) is 28.5. The van der Waals surface area contributed by atoms with E-state index in [1.54, 1.807) is 5.56 Å². The minimum absolute atomic E-state index is 0.0670. The first-order valence-corrected chi connectivity index (χ1v) is 26.7. The van der Waals surface area contributed by atoms with Crippen LogP contribution in [0.1, 0.15) is 202 Å².